The first kappa shape index (κ1) is 51.6. The Bertz CT molecular complexity index is 1410. The predicted octanol–water partition coefficient (Wildman–Crippen LogP) is 11.5. The molecule has 0 saturated carbocycles. The van der Waals surface area contributed by atoms with Crippen molar-refractivity contribution in [2.45, 2.75) is 188 Å². The lowest BCUT2D eigenvalue weighted by atomic mass is 10.0. The van der Waals surface area contributed by atoms with Gasteiger partial charge in [-0.1, -0.05) is 137 Å². The summed E-state index contributed by atoms with van der Waals surface area (Å²) < 4.78 is 2.34. The number of pyridine rings is 4. The van der Waals surface area contributed by atoms with E-state index in [2.05, 4.69) is 93.7 Å². The summed E-state index contributed by atoms with van der Waals surface area (Å²) in [4.78, 5) is 12.3. The summed E-state index contributed by atoms with van der Waals surface area (Å²) in [7, 11) is 0. The maximum Gasteiger partial charge on any atom is 0.171 e. The fourth-order valence-corrected chi connectivity index (χ4v) is 7.13. The number of halogens is 2. The van der Waals surface area contributed by atoms with E-state index >= 15 is 0 Å². The standard InChI is InChI=1S/C25H39N2.C18H30BrN.C7H9N.BrH/c1-23-17-20-27(22-24(23)2)19-13-11-9-7-5-3-4-6-8-10-12-15-25-16-14-18-26-21-25;19-15-11-9-7-5-3-1-2-4-6-8-10-13-18-14-12-16-20-17-18;1-6-3-4-8-5-7(6)2;/h14,16-18,20-22H,3-13,15,19H2,1-2H3;12,14,16-17H,1-11,13,15H2;3-5H,1-2H3;1H/q+1;;;/p-1. The van der Waals surface area contributed by atoms with E-state index in [9.17, 15) is 0 Å². The summed E-state index contributed by atoms with van der Waals surface area (Å²) in [6, 6.07) is 12.7. The minimum Gasteiger partial charge on any atom is -1.00 e. The molecule has 0 N–H and O–H groups in total. The van der Waals surface area contributed by atoms with Gasteiger partial charge in [0.1, 0.15) is 6.54 Å². The maximum absolute atomic E-state index is 4.18. The van der Waals surface area contributed by atoms with Crippen molar-refractivity contribution in [1.82, 2.24) is 15.0 Å². The Hall–Kier alpha value is -2.44. The molecule has 0 aliphatic heterocycles. The molecule has 0 amide bonds. The lowest BCUT2D eigenvalue weighted by molar-refractivity contribution is -0.697. The quantitative estimate of drug-likeness (QED) is 0.0340. The Kier molecular flexibility index (Phi) is 34.0. The summed E-state index contributed by atoms with van der Waals surface area (Å²) in [5, 5.41) is 1.17. The van der Waals surface area contributed by atoms with Crippen LogP contribution in [0.5, 0.6) is 0 Å². The van der Waals surface area contributed by atoms with Crippen molar-refractivity contribution in [3.8, 4) is 0 Å². The van der Waals surface area contributed by atoms with Crippen LogP contribution in [0, 0.1) is 27.7 Å². The second kappa shape index (κ2) is 36.9. The number of unbranched alkanes of at least 4 members (excludes halogenated alkanes) is 20. The normalized spacial score (nSPS) is 10.5. The zero-order chi connectivity index (χ0) is 39.4. The van der Waals surface area contributed by atoms with Crippen LogP contribution in [0.3, 0.4) is 0 Å². The van der Waals surface area contributed by atoms with Gasteiger partial charge in [-0.05, 0) is 112 Å². The molecule has 0 unspecified atom stereocenters. The molecule has 0 bridgehead atoms. The van der Waals surface area contributed by atoms with Crippen molar-refractivity contribution >= 4 is 15.9 Å². The van der Waals surface area contributed by atoms with Crippen LogP contribution < -0.4 is 21.5 Å². The molecule has 56 heavy (non-hydrogen) atoms. The Balaban J connectivity index is 0.000000473. The van der Waals surface area contributed by atoms with Crippen LogP contribution >= 0.6 is 15.9 Å². The second-order valence-corrected chi connectivity index (χ2v) is 16.5. The molecule has 0 radical (unpaired) electrons. The van der Waals surface area contributed by atoms with Gasteiger partial charge in [-0.2, -0.15) is 0 Å². The second-order valence-electron chi connectivity index (χ2n) is 15.7. The maximum atomic E-state index is 4.18. The lowest BCUT2D eigenvalue weighted by Gasteiger charge is -2.03. The largest absolute Gasteiger partial charge is 1.00 e. The van der Waals surface area contributed by atoms with E-state index in [-0.39, 0.29) is 17.0 Å². The molecular weight excluding hydrogens is 816 g/mol. The molecular formula is C50H78Br2N4. The molecule has 4 aromatic rings. The van der Waals surface area contributed by atoms with Gasteiger partial charge in [-0.15, -0.1) is 0 Å². The van der Waals surface area contributed by atoms with Crippen LogP contribution in [-0.2, 0) is 19.4 Å². The zero-order valence-electron chi connectivity index (χ0n) is 36.0. The monoisotopic (exact) mass is 892 g/mol. The summed E-state index contributed by atoms with van der Waals surface area (Å²) in [5.41, 5.74) is 8.12. The SMILES string of the molecule is BrCCCCCCCCCCCCCc1cccnc1.Cc1cc[n+](CCCCCCCCCCCCCc2cccnc2)cc1C.Cc1ccncc1C.[Br-]. The van der Waals surface area contributed by atoms with Crippen molar-refractivity contribution < 1.29 is 21.5 Å². The van der Waals surface area contributed by atoms with E-state index in [1.165, 1.54) is 199 Å². The Morgan fingerprint density at radius 2 is 0.839 bits per heavy atom. The van der Waals surface area contributed by atoms with Crippen LogP contribution in [0.1, 0.15) is 175 Å². The Morgan fingerprint density at radius 1 is 0.429 bits per heavy atom. The zero-order valence-corrected chi connectivity index (χ0v) is 39.2. The Morgan fingerprint density at radius 3 is 1.21 bits per heavy atom. The van der Waals surface area contributed by atoms with Crippen LogP contribution in [-0.4, -0.2) is 20.3 Å². The fraction of sp³-hybridized carbons (Fsp3) is 0.600. The summed E-state index contributed by atoms with van der Waals surface area (Å²) in [6.45, 7) is 9.69. The van der Waals surface area contributed by atoms with E-state index < -0.39 is 0 Å². The number of nitrogens with zero attached hydrogens (tertiary/aromatic N) is 4. The third-order valence-corrected chi connectivity index (χ3v) is 11.3. The van der Waals surface area contributed by atoms with Gasteiger partial charge in [-0.3, -0.25) is 15.0 Å². The van der Waals surface area contributed by atoms with Gasteiger partial charge in [0.25, 0.3) is 0 Å². The summed E-state index contributed by atoms with van der Waals surface area (Å²) >= 11 is 3.48. The van der Waals surface area contributed by atoms with Gasteiger partial charge < -0.3 is 17.0 Å². The molecule has 0 aromatic carbocycles. The molecule has 4 rings (SSSR count). The van der Waals surface area contributed by atoms with Crippen molar-refractivity contribution in [1.29, 1.82) is 0 Å². The molecule has 0 saturated heterocycles. The van der Waals surface area contributed by atoms with E-state index in [1.807, 2.05) is 55.4 Å². The number of aryl methyl sites for hydroxylation is 7. The minimum absolute atomic E-state index is 0. The van der Waals surface area contributed by atoms with E-state index in [0.717, 1.165) is 0 Å². The number of hydrogen-bond acceptors (Lipinski definition) is 3. The molecule has 312 valence electrons. The van der Waals surface area contributed by atoms with Gasteiger partial charge in [0, 0.05) is 60.6 Å². The molecule has 0 spiro atoms. The van der Waals surface area contributed by atoms with Crippen LogP contribution in [0.4, 0.5) is 0 Å². The molecule has 0 aliphatic carbocycles. The van der Waals surface area contributed by atoms with E-state index in [0.29, 0.717) is 0 Å². The molecule has 4 nitrogen and oxygen atoms in total. The first-order valence-electron chi connectivity index (χ1n) is 22.2. The van der Waals surface area contributed by atoms with E-state index in [1.54, 1.807) is 0 Å². The van der Waals surface area contributed by atoms with Gasteiger partial charge in [0.15, 0.2) is 12.4 Å². The highest BCUT2D eigenvalue weighted by atomic mass is 79.9. The van der Waals surface area contributed by atoms with Gasteiger partial charge in [0.2, 0.25) is 0 Å². The number of rotatable bonds is 27. The highest BCUT2D eigenvalue weighted by Gasteiger charge is 2.03. The average Bonchev–Trinajstić information content (AvgIpc) is 3.21. The molecule has 0 fully saturated rings. The molecule has 0 atom stereocenters. The number of aromatic nitrogens is 4. The third-order valence-electron chi connectivity index (χ3n) is 10.7. The van der Waals surface area contributed by atoms with Crippen molar-refractivity contribution in [3.63, 3.8) is 0 Å². The molecule has 4 aromatic heterocycles. The third kappa shape index (κ3) is 28.9. The summed E-state index contributed by atoms with van der Waals surface area (Å²) in [6.07, 6.45) is 49.0. The van der Waals surface area contributed by atoms with E-state index in [4.69, 9.17) is 0 Å². The number of alkyl halides is 1. The van der Waals surface area contributed by atoms with Gasteiger partial charge in [-0.25, -0.2) is 4.57 Å². The minimum atomic E-state index is 0. The van der Waals surface area contributed by atoms with Crippen LogP contribution in [0.15, 0.2) is 86.0 Å². The first-order chi connectivity index (χ1) is 27.0. The fourth-order valence-electron chi connectivity index (χ4n) is 6.74. The van der Waals surface area contributed by atoms with Crippen LogP contribution in [0.25, 0.3) is 0 Å². The summed E-state index contributed by atoms with van der Waals surface area (Å²) in [5.74, 6) is 0. The highest BCUT2D eigenvalue weighted by molar-refractivity contribution is 9.09. The predicted molar refractivity (Wildman–Crippen MR) is 241 cm³/mol. The Labute approximate surface area is 363 Å². The van der Waals surface area contributed by atoms with Gasteiger partial charge in [0.05, 0.1) is 0 Å². The molecule has 0 aliphatic rings. The highest BCUT2D eigenvalue weighted by Crippen LogP contribution is 2.14. The smallest absolute Gasteiger partial charge is 0.171 e. The average molecular weight is 895 g/mol. The molecule has 4 heterocycles. The van der Waals surface area contributed by atoms with Crippen LogP contribution in [0.2, 0.25) is 0 Å². The number of hydrogen-bond donors (Lipinski definition) is 0. The first-order valence-corrected chi connectivity index (χ1v) is 23.3. The lowest BCUT2D eigenvalue weighted by Crippen LogP contribution is -3.00. The van der Waals surface area contributed by atoms with Crippen molar-refractivity contribution in [2.75, 3.05) is 5.33 Å². The van der Waals surface area contributed by atoms with Crippen molar-refractivity contribution in [2.24, 2.45) is 0 Å². The van der Waals surface area contributed by atoms with Crippen molar-refractivity contribution in [3.05, 3.63) is 119 Å². The topological polar surface area (TPSA) is 42.5 Å². The molecule has 6 heteroatoms. The van der Waals surface area contributed by atoms with Gasteiger partial charge >= 0.3 is 0 Å².